The van der Waals surface area contributed by atoms with Gasteiger partial charge in [0.1, 0.15) is 5.75 Å². The molecule has 0 amide bonds. The topological polar surface area (TPSA) is 41.8 Å². The van der Waals surface area contributed by atoms with Crippen LogP contribution >= 0.6 is 11.3 Å². The van der Waals surface area contributed by atoms with Crippen molar-refractivity contribution in [1.82, 2.24) is 0 Å². The molecule has 3 nitrogen and oxygen atoms in total. The van der Waals surface area contributed by atoms with E-state index in [1.54, 1.807) is 18.3 Å². The van der Waals surface area contributed by atoms with E-state index >= 15 is 0 Å². The van der Waals surface area contributed by atoms with Crippen molar-refractivity contribution in [2.24, 2.45) is 5.16 Å². The van der Waals surface area contributed by atoms with Crippen LogP contribution < -0.4 is 4.74 Å². The minimum Gasteiger partial charge on any atom is -0.493 e. The second-order valence-electron chi connectivity index (χ2n) is 4.36. The first-order valence-electron chi connectivity index (χ1n) is 6.15. The van der Waals surface area contributed by atoms with Crippen molar-refractivity contribution in [2.75, 3.05) is 6.61 Å². The molecule has 19 heavy (non-hydrogen) atoms. The zero-order valence-corrected chi connectivity index (χ0v) is 11.9. The minimum atomic E-state index is 0.565. The van der Waals surface area contributed by atoms with Crippen LogP contribution in [0.5, 0.6) is 5.75 Å². The number of ether oxygens (including phenoxy) is 1. The molecule has 1 N–H and O–H groups in total. The van der Waals surface area contributed by atoms with Crippen LogP contribution in [0.2, 0.25) is 0 Å². The van der Waals surface area contributed by atoms with E-state index in [2.05, 4.69) is 16.6 Å². The summed E-state index contributed by atoms with van der Waals surface area (Å²) in [4.78, 5) is 1.31. The Balaban J connectivity index is 2.07. The van der Waals surface area contributed by atoms with E-state index in [9.17, 15) is 0 Å². The van der Waals surface area contributed by atoms with Crippen molar-refractivity contribution in [3.63, 3.8) is 0 Å². The number of hydrogen-bond donors (Lipinski definition) is 1. The molecule has 0 bridgehead atoms. The molecule has 0 unspecified atom stereocenters. The number of thiophene rings is 1. The zero-order chi connectivity index (χ0) is 13.7. The van der Waals surface area contributed by atoms with Crippen molar-refractivity contribution in [3.05, 3.63) is 51.7 Å². The van der Waals surface area contributed by atoms with Gasteiger partial charge in [-0.1, -0.05) is 22.9 Å². The zero-order valence-electron chi connectivity index (χ0n) is 11.1. The van der Waals surface area contributed by atoms with Gasteiger partial charge in [-0.15, -0.1) is 11.3 Å². The SMILES string of the molecule is CC(=NO)c1cc(C)ccc1OCCc1cccs1. The Morgan fingerprint density at radius 1 is 1.37 bits per heavy atom. The van der Waals surface area contributed by atoms with Crippen LogP contribution in [-0.4, -0.2) is 17.5 Å². The maximum atomic E-state index is 8.91. The van der Waals surface area contributed by atoms with Crippen molar-refractivity contribution < 1.29 is 9.94 Å². The summed E-state index contributed by atoms with van der Waals surface area (Å²) in [5.74, 6) is 0.762. The fraction of sp³-hybridized carbons (Fsp3) is 0.267. The number of hydrogen-bond acceptors (Lipinski definition) is 4. The number of rotatable bonds is 5. The molecule has 0 saturated heterocycles. The number of nitrogens with zero attached hydrogens (tertiary/aromatic N) is 1. The Kier molecular flexibility index (Phi) is 4.58. The summed E-state index contributed by atoms with van der Waals surface area (Å²) in [5, 5.41) is 14.2. The quantitative estimate of drug-likeness (QED) is 0.511. The summed E-state index contributed by atoms with van der Waals surface area (Å²) in [6.45, 7) is 4.39. The number of oxime groups is 1. The van der Waals surface area contributed by atoms with E-state index in [1.165, 1.54) is 4.88 Å². The van der Waals surface area contributed by atoms with Gasteiger partial charge in [0.15, 0.2) is 0 Å². The predicted octanol–water partition coefficient (Wildman–Crippen LogP) is 3.88. The molecule has 0 spiro atoms. The van der Waals surface area contributed by atoms with Crippen molar-refractivity contribution in [1.29, 1.82) is 0 Å². The molecule has 0 saturated carbocycles. The second kappa shape index (κ2) is 6.38. The summed E-state index contributed by atoms with van der Waals surface area (Å²) in [6.07, 6.45) is 0.889. The van der Waals surface area contributed by atoms with Gasteiger partial charge in [0, 0.05) is 16.9 Å². The largest absolute Gasteiger partial charge is 0.493 e. The molecule has 0 aliphatic carbocycles. The average Bonchev–Trinajstić information content (AvgIpc) is 2.92. The van der Waals surface area contributed by atoms with E-state index in [1.807, 2.05) is 31.2 Å². The molecular weight excluding hydrogens is 258 g/mol. The lowest BCUT2D eigenvalue weighted by Gasteiger charge is -2.11. The van der Waals surface area contributed by atoms with Crippen LogP contribution in [0, 0.1) is 6.92 Å². The highest BCUT2D eigenvalue weighted by Gasteiger charge is 2.08. The first-order chi connectivity index (χ1) is 9.20. The lowest BCUT2D eigenvalue weighted by Crippen LogP contribution is -2.05. The van der Waals surface area contributed by atoms with Crippen molar-refractivity contribution >= 4 is 17.0 Å². The number of benzene rings is 1. The standard InChI is InChI=1S/C15H17NO2S/c1-11-5-6-15(14(10-11)12(2)16-17)18-8-7-13-4-3-9-19-13/h3-6,9-10,17H,7-8H2,1-2H3. The molecule has 2 rings (SSSR count). The predicted molar refractivity (Wildman–Crippen MR) is 78.7 cm³/mol. The Labute approximate surface area is 117 Å². The van der Waals surface area contributed by atoms with E-state index < -0.39 is 0 Å². The first-order valence-corrected chi connectivity index (χ1v) is 7.03. The molecule has 0 atom stereocenters. The molecule has 2 aromatic rings. The lowest BCUT2D eigenvalue weighted by molar-refractivity contribution is 0.314. The molecule has 1 heterocycles. The lowest BCUT2D eigenvalue weighted by atomic mass is 10.1. The Morgan fingerprint density at radius 2 is 2.21 bits per heavy atom. The molecule has 4 heteroatoms. The molecule has 100 valence electrons. The third kappa shape index (κ3) is 3.58. The van der Waals surface area contributed by atoms with E-state index in [0.717, 1.165) is 23.3 Å². The van der Waals surface area contributed by atoms with Crippen LogP contribution in [0.15, 0.2) is 40.9 Å². The summed E-state index contributed by atoms with van der Waals surface area (Å²) < 4.78 is 5.80. The van der Waals surface area contributed by atoms with E-state index in [0.29, 0.717) is 12.3 Å². The minimum absolute atomic E-state index is 0.565. The van der Waals surface area contributed by atoms with Crippen LogP contribution in [0.3, 0.4) is 0 Å². The van der Waals surface area contributed by atoms with Gasteiger partial charge in [-0.05, 0) is 37.4 Å². The molecule has 1 aromatic carbocycles. The molecular formula is C15H17NO2S. The smallest absolute Gasteiger partial charge is 0.128 e. The highest BCUT2D eigenvalue weighted by molar-refractivity contribution is 7.09. The van der Waals surface area contributed by atoms with E-state index in [4.69, 9.17) is 9.94 Å². The van der Waals surface area contributed by atoms with Gasteiger partial charge < -0.3 is 9.94 Å². The fourth-order valence-electron chi connectivity index (χ4n) is 1.82. The molecule has 0 fully saturated rings. The van der Waals surface area contributed by atoms with Gasteiger partial charge in [-0.3, -0.25) is 0 Å². The summed E-state index contributed by atoms with van der Waals surface area (Å²) >= 11 is 1.73. The molecule has 0 aliphatic heterocycles. The molecule has 0 radical (unpaired) electrons. The fourth-order valence-corrected chi connectivity index (χ4v) is 2.51. The number of aryl methyl sites for hydroxylation is 1. The molecule has 0 aliphatic rings. The van der Waals surface area contributed by atoms with Gasteiger partial charge in [0.2, 0.25) is 0 Å². The summed E-state index contributed by atoms with van der Waals surface area (Å²) in [6, 6.07) is 10.0. The highest BCUT2D eigenvalue weighted by atomic mass is 32.1. The average molecular weight is 275 g/mol. The second-order valence-corrected chi connectivity index (χ2v) is 5.40. The Bertz CT molecular complexity index is 562. The van der Waals surface area contributed by atoms with Crippen molar-refractivity contribution in [3.8, 4) is 5.75 Å². The van der Waals surface area contributed by atoms with Gasteiger partial charge in [-0.25, -0.2) is 0 Å². The van der Waals surface area contributed by atoms with Crippen LogP contribution in [0.25, 0.3) is 0 Å². The normalized spacial score (nSPS) is 11.6. The van der Waals surface area contributed by atoms with Crippen molar-refractivity contribution in [2.45, 2.75) is 20.3 Å². The monoisotopic (exact) mass is 275 g/mol. The third-order valence-electron chi connectivity index (χ3n) is 2.86. The summed E-state index contributed by atoms with van der Waals surface area (Å²) in [7, 11) is 0. The van der Waals surface area contributed by atoms with Crippen LogP contribution in [0.4, 0.5) is 0 Å². The van der Waals surface area contributed by atoms with Gasteiger partial charge >= 0.3 is 0 Å². The maximum Gasteiger partial charge on any atom is 0.128 e. The summed E-state index contributed by atoms with van der Waals surface area (Å²) in [5.41, 5.74) is 2.52. The van der Waals surface area contributed by atoms with Crippen LogP contribution in [-0.2, 0) is 6.42 Å². The van der Waals surface area contributed by atoms with Gasteiger partial charge in [0.25, 0.3) is 0 Å². The Morgan fingerprint density at radius 3 is 2.89 bits per heavy atom. The molecule has 1 aromatic heterocycles. The highest BCUT2D eigenvalue weighted by Crippen LogP contribution is 2.21. The Hall–Kier alpha value is -1.81. The maximum absolute atomic E-state index is 8.91. The van der Waals surface area contributed by atoms with Gasteiger partial charge in [0.05, 0.1) is 12.3 Å². The van der Waals surface area contributed by atoms with E-state index in [-0.39, 0.29) is 0 Å². The van der Waals surface area contributed by atoms with Crippen LogP contribution in [0.1, 0.15) is 22.9 Å². The van der Waals surface area contributed by atoms with Gasteiger partial charge in [-0.2, -0.15) is 0 Å². The third-order valence-corrected chi connectivity index (χ3v) is 3.80. The first kappa shape index (κ1) is 13.6.